The first-order valence-corrected chi connectivity index (χ1v) is 10.0. The summed E-state index contributed by atoms with van der Waals surface area (Å²) >= 11 is 0. The minimum Gasteiger partial charge on any atom is -0.399 e. The third-order valence-corrected chi connectivity index (χ3v) is 4.84. The van der Waals surface area contributed by atoms with Crippen LogP contribution in [0.4, 0.5) is 5.69 Å². The molecular formula is C23H34N4. The Morgan fingerprint density at radius 2 is 1.70 bits per heavy atom. The van der Waals surface area contributed by atoms with Gasteiger partial charge in [0.1, 0.15) is 5.84 Å². The van der Waals surface area contributed by atoms with E-state index in [0.717, 1.165) is 55.1 Å². The van der Waals surface area contributed by atoms with Gasteiger partial charge in [0.05, 0.1) is 0 Å². The Labute approximate surface area is 164 Å². The minimum absolute atomic E-state index is 0.775. The van der Waals surface area contributed by atoms with E-state index in [0.29, 0.717) is 0 Å². The lowest BCUT2D eigenvalue weighted by atomic mass is 10.1. The molecule has 1 aromatic carbocycles. The van der Waals surface area contributed by atoms with Gasteiger partial charge in [-0.2, -0.15) is 0 Å². The summed E-state index contributed by atoms with van der Waals surface area (Å²) in [5.74, 6) is 0.921. The van der Waals surface area contributed by atoms with Crippen LogP contribution >= 0.6 is 0 Å². The van der Waals surface area contributed by atoms with Crippen molar-refractivity contribution in [3.8, 4) is 0 Å². The fraction of sp³-hybridized carbons (Fsp3) is 0.435. The minimum atomic E-state index is 0.775. The standard InChI is InChI=1S/C23H34N4/c1-6-13-27(14-7-2)18(5)21-15-22(19-9-11-20(24)12-10-19)26-23(21)25-16-17(4)8-3/h9-12,15-16H,6-8,13-14,24H2,1-5H3,(H,25,26)/b17-16?,21-18+. The van der Waals surface area contributed by atoms with Crippen LogP contribution in [-0.2, 0) is 0 Å². The van der Waals surface area contributed by atoms with E-state index in [2.05, 4.69) is 50.9 Å². The molecule has 4 heteroatoms. The first kappa shape index (κ1) is 20.8. The van der Waals surface area contributed by atoms with Crippen molar-refractivity contribution in [2.75, 3.05) is 18.8 Å². The highest BCUT2D eigenvalue weighted by Gasteiger charge is 2.21. The Balaban J connectivity index is 2.47. The second-order valence-electron chi connectivity index (χ2n) is 7.10. The Morgan fingerprint density at radius 1 is 1.07 bits per heavy atom. The molecule has 0 atom stereocenters. The molecule has 146 valence electrons. The number of nitrogens with zero attached hydrogens (tertiary/aromatic N) is 2. The van der Waals surface area contributed by atoms with Gasteiger partial charge in [-0.1, -0.05) is 38.5 Å². The predicted molar refractivity (Wildman–Crippen MR) is 118 cm³/mol. The van der Waals surface area contributed by atoms with Crippen molar-refractivity contribution in [1.29, 1.82) is 0 Å². The zero-order valence-electron chi connectivity index (χ0n) is 17.5. The fourth-order valence-corrected chi connectivity index (χ4v) is 3.06. The van der Waals surface area contributed by atoms with E-state index in [1.165, 1.54) is 16.8 Å². The summed E-state index contributed by atoms with van der Waals surface area (Å²) in [7, 11) is 0. The molecule has 0 amide bonds. The summed E-state index contributed by atoms with van der Waals surface area (Å²) in [6, 6.07) is 7.97. The van der Waals surface area contributed by atoms with Gasteiger partial charge >= 0.3 is 0 Å². The summed E-state index contributed by atoms with van der Waals surface area (Å²) in [5, 5.41) is 3.52. The number of allylic oxidation sites excluding steroid dienone is 2. The molecule has 1 heterocycles. The molecule has 0 aliphatic carbocycles. The van der Waals surface area contributed by atoms with E-state index in [1.807, 2.05) is 30.5 Å². The van der Waals surface area contributed by atoms with Gasteiger partial charge < -0.3 is 16.0 Å². The molecule has 4 nitrogen and oxygen atoms in total. The van der Waals surface area contributed by atoms with Gasteiger partial charge in [-0.25, -0.2) is 4.99 Å². The quantitative estimate of drug-likeness (QED) is 0.612. The molecule has 3 N–H and O–H groups in total. The highest BCUT2D eigenvalue weighted by Crippen LogP contribution is 2.26. The number of hydrogen-bond acceptors (Lipinski definition) is 3. The number of aliphatic imine (C=N–C) groups is 1. The average molecular weight is 367 g/mol. The molecule has 0 radical (unpaired) electrons. The Bertz CT molecular complexity index is 745. The van der Waals surface area contributed by atoms with Gasteiger partial charge in [0.25, 0.3) is 0 Å². The zero-order chi connectivity index (χ0) is 19.8. The molecule has 0 saturated carbocycles. The molecule has 0 unspecified atom stereocenters. The first-order valence-electron chi connectivity index (χ1n) is 10.0. The van der Waals surface area contributed by atoms with Gasteiger partial charge in [0.15, 0.2) is 0 Å². The third kappa shape index (κ3) is 5.49. The maximum absolute atomic E-state index is 5.84. The SMILES string of the molecule is CCCN(CCC)/C(C)=C1\C=C(c2ccc(N)cc2)NC1=NC=C(C)CC. The highest BCUT2D eigenvalue weighted by atomic mass is 15.1. The molecule has 0 bridgehead atoms. The highest BCUT2D eigenvalue weighted by molar-refractivity contribution is 6.11. The lowest BCUT2D eigenvalue weighted by Gasteiger charge is -2.25. The van der Waals surface area contributed by atoms with E-state index in [1.54, 1.807) is 0 Å². The van der Waals surface area contributed by atoms with Crippen LogP contribution in [0.2, 0.25) is 0 Å². The number of rotatable bonds is 8. The lowest BCUT2D eigenvalue weighted by Crippen LogP contribution is -2.27. The summed E-state index contributed by atoms with van der Waals surface area (Å²) in [6.45, 7) is 13.0. The van der Waals surface area contributed by atoms with Crippen molar-refractivity contribution < 1.29 is 0 Å². The van der Waals surface area contributed by atoms with Crippen LogP contribution in [-0.4, -0.2) is 23.8 Å². The van der Waals surface area contributed by atoms with Crippen LogP contribution in [0.3, 0.4) is 0 Å². The van der Waals surface area contributed by atoms with Crippen molar-refractivity contribution in [3.63, 3.8) is 0 Å². The van der Waals surface area contributed by atoms with Gasteiger partial charge in [0.2, 0.25) is 0 Å². The average Bonchev–Trinajstić information content (AvgIpc) is 3.10. The summed E-state index contributed by atoms with van der Waals surface area (Å²) < 4.78 is 0. The number of nitrogen functional groups attached to an aromatic ring is 1. The van der Waals surface area contributed by atoms with Crippen LogP contribution in [0.15, 0.2) is 58.4 Å². The van der Waals surface area contributed by atoms with E-state index in [4.69, 9.17) is 10.7 Å². The maximum atomic E-state index is 5.84. The molecule has 2 rings (SSSR count). The second kappa shape index (κ2) is 10.0. The number of anilines is 1. The topological polar surface area (TPSA) is 53.6 Å². The van der Waals surface area contributed by atoms with Gasteiger partial charge in [-0.05, 0) is 56.9 Å². The monoisotopic (exact) mass is 366 g/mol. The van der Waals surface area contributed by atoms with Crippen LogP contribution in [0.5, 0.6) is 0 Å². The number of benzene rings is 1. The summed E-state index contributed by atoms with van der Waals surface area (Å²) in [6.07, 6.45) is 7.46. The molecule has 0 spiro atoms. The Morgan fingerprint density at radius 3 is 2.26 bits per heavy atom. The van der Waals surface area contributed by atoms with Gasteiger partial charge in [-0.15, -0.1) is 0 Å². The van der Waals surface area contributed by atoms with Gasteiger partial charge in [0, 0.05) is 41.9 Å². The summed E-state index contributed by atoms with van der Waals surface area (Å²) in [5.41, 5.74) is 12.5. The molecule has 27 heavy (non-hydrogen) atoms. The first-order chi connectivity index (χ1) is 13.0. The van der Waals surface area contributed by atoms with Crippen LogP contribution in [0, 0.1) is 0 Å². The number of nitrogens with two attached hydrogens (primary N) is 1. The molecule has 1 aliphatic rings. The van der Waals surface area contributed by atoms with Crippen molar-refractivity contribution in [3.05, 3.63) is 58.9 Å². The Kier molecular flexibility index (Phi) is 7.71. The third-order valence-electron chi connectivity index (χ3n) is 4.84. The van der Waals surface area contributed by atoms with Crippen molar-refractivity contribution in [2.24, 2.45) is 4.99 Å². The normalized spacial score (nSPS) is 17.7. The molecule has 0 saturated heterocycles. The molecular weight excluding hydrogens is 332 g/mol. The summed E-state index contributed by atoms with van der Waals surface area (Å²) in [4.78, 5) is 7.24. The molecule has 0 fully saturated rings. The molecule has 0 aromatic heterocycles. The lowest BCUT2D eigenvalue weighted by molar-refractivity contribution is 0.344. The zero-order valence-corrected chi connectivity index (χ0v) is 17.5. The largest absolute Gasteiger partial charge is 0.399 e. The number of amidine groups is 1. The molecule has 1 aromatic rings. The van der Waals surface area contributed by atoms with Crippen LogP contribution in [0.25, 0.3) is 5.70 Å². The van der Waals surface area contributed by atoms with Crippen molar-refractivity contribution >= 4 is 17.2 Å². The van der Waals surface area contributed by atoms with Gasteiger partial charge in [-0.3, -0.25) is 0 Å². The number of nitrogens with one attached hydrogen (secondary N) is 1. The van der Waals surface area contributed by atoms with E-state index in [9.17, 15) is 0 Å². The fourth-order valence-electron chi connectivity index (χ4n) is 3.06. The van der Waals surface area contributed by atoms with Crippen LogP contribution in [0.1, 0.15) is 59.4 Å². The second-order valence-corrected chi connectivity index (χ2v) is 7.10. The smallest absolute Gasteiger partial charge is 0.139 e. The van der Waals surface area contributed by atoms with Crippen molar-refractivity contribution in [1.82, 2.24) is 10.2 Å². The predicted octanol–water partition coefficient (Wildman–Crippen LogP) is 5.32. The maximum Gasteiger partial charge on any atom is 0.139 e. The van der Waals surface area contributed by atoms with Crippen molar-refractivity contribution in [2.45, 2.75) is 53.9 Å². The number of hydrogen-bond donors (Lipinski definition) is 2. The van der Waals surface area contributed by atoms with Crippen LogP contribution < -0.4 is 11.1 Å². The Hall–Kier alpha value is -2.49. The molecule has 1 aliphatic heterocycles. The van der Waals surface area contributed by atoms with E-state index in [-0.39, 0.29) is 0 Å². The van der Waals surface area contributed by atoms with E-state index >= 15 is 0 Å². The van der Waals surface area contributed by atoms with E-state index < -0.39 is 0 Å².